The Morgan fingerprint density at radius 1 is 1.58 bits per heavy atom. The van der Waals surface area contributed by atoms with E-state index in [2.05, 4.69) is 12.2 Å². The predicted molar refractivity (Wildman–Crippen MR) is 47.2 cm³/mol. The van der Waals surface area contributed by atoms with Gasteiger partial charge in [-0.15, -0.1) is 0 Å². The Morgan fingerprint density at radius 2 is 2.42 bits per heavy atom. The van der Waals surface area contributed by atoms with Crippen molar-refractivity contribution < 1.29 is 5.11 Å². The van der Waals surface area contributed by atoms with Gasteiger partial charge in [-0.25, -0.2) is 0 Å². The smallest absolute Gasteiger partial charge is 0.185 e. The number of hydrogen-bond donors (Lipinski definition) is 2. The average molecular weight is 164 g/mol. The van der Waals surface area contributed by atoms with E-state index in [0.717, 1.165) is 18.5 Å². The molecule has 12 heavy (non-hydrogen) atoms. The van der Waals surface area contributed by atoms with Crippen molar-refractivity contribution in [2.75, 3.05) is 0 Å². The number of hydrogen-bond acceptors (Lipinski definition) is 2. The zero-order valence-corrected chi connectivity index (χ0v) is 6.77. The molecule has 3 nitrogen and oxygen atoms in total. The second-order valence-electron chi connectivity index (χ2n) is 2.98. The van der Waals surface area contributed by atoms with E-state index in [4.69, 9.17) is 5.73 Å². The Labute approximate surface area is 71.1 Å². The van der Waals surface area contributed by atoms with Crippen molar-refractivity contribution in [1.29, 1.82) is 0 Å². The average Bonchev–Trinajstić information content (AvgIpc) is 2.47. The fraction of sp³-hybridized carbons (Fsp3) is 0.333. The van der Waals surface area contributed by atoms with E-state index in [1.807, 2.05) is 12.3 Å². The lowest BCUT2D eigenvalue weighted by Crippen LogP contribution is -2.19. The van der Waals surface area contributed by atoms with E-state index in [0.29, 0.717) is 0 Å². The molecule has 0 fully saturated rings. The Bertz CT molecular complexity index is 312. The van der Waals surface area contributed by atoms with Gasteiger partial charge in [0.2, 0.25) is 0 Å². The van der Waals surface area contributed by atoms with Crippen LogP contribution < -0.4 is 5.73 Å². The van der Waals surface area contributed by atoms with Crippen LogP contribution in [0.25, 0.3) is 6.08 Å². The Kier molecular flexibility index (Phi) is 1.75. The van der Waals surface area contributed by atoms with Crippen molar-refractivity contribution in [2.24, 2.45) is 5.73 Å². The molecule has 0 aromatic carbocycles. The molecular formula is C9H12N2O. The van der Waals surface area contributed by atoms with Gasteiger partial charge in [0.25, 0.3) is 0 Å². The number of allylic oxidation sites excluding steroid dienone is 1. The molecule has 0 aliphatic heterocycles. The number of rotatable bonds is 1. The van der Waals surface area contributed by atoms with Crippen molar-refractivity contribution in [1.82, 2.24) is 4.57 Å². The van der Waals surface area contributed by atoms with Gasteiger partial charge in [-0.2, -0.15) is 0 Å². The fourth-order valence-electron chi connectivity index (χ4n) is 1.60. The quantitative estimate of drug-likeness (QED) is 0.605. The van der Waals surface area contributed by atoms with Gasteiger partial charge in [-0.3, -0.25) is 5.73 Å². The second kappa shape index (κ2) is 2.77. The van der Waals surface area contributed by atoms with E-state index < -0.39 is 6.35 Å². The summed E-state index contributed by atoms with van der Waals surface area (Å²) in [6.07, 6.45) is 7.12. The molecule has 1 unspecified atom stereocenters. The lowest BCUT2D eigenvalue weighted by Gasteiger charge is -2.14. The van der Waals surface area contributed by atoms with Crippen molar-refractivity contribution >= 4 is 6.08 Å². The zero-order chi connectivity index (χ0) is 8.55. The van der Waals surface area contributed by atoms with E-state index in [9.17, 15) is 5.11 Å². The summed E-state index contributed by atoms with van der Waals surface area (Å²) in [4.78, 5) is 0. The number of aliphatic hydroxyl groups excluding tert-OH is 1. The van der Waals surface area contributed by atoms with Crippen LogP contribution in [0.5, 0.6) is 0 Å². The van der Waals surface area contributed by atoms with Crippen molar-refractivity contribution in [3.05, 3.63) is 29.6 Å². The molecule has 1 aromatic heterocycles. The molecule has 0 bridgehead atoms. The molecule has 3 heteroatoms. The monoisotopic (exact) mass is 164 g/mol. The predicted octanol–water partition coefficient (Wildman–Crippen LogP) is 0.855. The highest BCUT2D eigenvalue weighted by Crippen LogP contribution is 2.21. The maximum Gasteiger partial charge on any atom is 0.185 e. The normalized spacial score (nSPS) is 17.5. The first-order chi connectivity index (χ1) is 5.79. The summed E-state index contributed by atoms with van der Waals surface area (Å²) in [5, 5.41) is 9.19. The summed E-state index contributed by atoms with van der Waals surface area (Å²) in [7, 11) is 0. The van der Waals surface area contributed by atoms with Gasteiger partial charge in [0.1, 0.15) is 0 Å². The molecule has 1 aromatic rings. The standard InChI is InChI=1S/C9H12N2O/c10-9(12)11-6-5-7-3-1-2-4-8(7)11/h1,3,5-6,9,12H,2,4,10H2. The molecule has 0 radical (unpaired) electrons. The second-order valence-corrected chi connectivity index (χ2v) is 2.98. The molecule has 1 aliphatic carbocycles. The fourth-order valence-corrected chi connectivity index (χ4v) is 1.60. The maximum absolute atomic E-state index is 9.19. The van der Waals surface area contributed by atoms with E-state index >= 15 is 0 Å². The lowest BCUT2D eigenvalue weighted by atomic mass is 10.1. The SMILES string of the molecule is NC(O)n1ccc2c1CCC=C2. The largest absolute Gasteiger partial charge is 0.361 e. The van der Waals surface area contributed by atoms with E-state index in [1.165, 1.54) is 5.56 Å². The van der Waals surface area contributed by atoms with Crippen LogP contribution >= 0.6 is 0 Å². The third-order valence-corrected chi connectivity index (χ3v) is 2.19. The highest BCUT2D eigenvalue weighted by atomic mass is 16.3. The lowest BCUT2D eigenvalue weighted by molar-refractivity contribution is 0.109. The highest BCUT2D eigenvalue weighted by Gasteiger charge is 2.11. The Morgan fingerprint density at radius 3 is 3.17 bits per heavy atom. The topological polar surface area (TPSA) is 51.2 Å². The first kappa shape index (κ1) is 7.58. The first-order valence-electron chi connectivity index (χ1n) is 4.09. The van der Waals surface area contributed by atoms with Crippen LogP contribution in [0.1, 0.15) is 24.0 Å². The van der Waals surface area contributed by atoms with Gasteiger partial charge in [-0.05, 0) is 24.5 Å². The third-order valence-electron chi connectivity index (χ3n) is 2.19. The molecule has 0 saturated carbocycles. The van der Waals surface area contributed by atoms with Crippen molar-refractivity contribution in [3.8, 4) is 0 Å². The van der Waals surface area contributed by atoms with Crippen LogP contribution in [0.3, 0.4) is 0 Å². The number of nitrogens with two attached hydrogens (primary N) is 1. The Balaban J connectivity index is 2.46. The summed E-state index contributed by atoms with van der Waals surface area (Å²) >= 11 is 0. The van der Waals surface area contributed by atoms with Crippen LogP contribution in [0, 0.1) is 0 Å². The number of nitrogens with zero attached hydrogens (tertiary/aromatic N) is 1. The van der Waals surface area contributed by atoms with E-state index in [-0.39, 0.29) is 0 Å². The molecule has 0 amide bonds. The molecule has 1 aliphatic rings. The van der Waals surface area contributed by atoms with Gasteiger partial charge < -0.3 is 9.67 Å². The first-order valence-corrected chi connectivity index (χ1v) is 4.09. The van der Waals surface area contributed by atoms with Crippen LogP contribution in [0.2, 0.25) is 0 Å². The summed E-state index contributed by atoms with van der Waals surface area (Å²) in [6, 6.07) is 1.97. The summed E-state index contributed by atoms with van der Waals surface area (Å²) < 4.78 is 1.71. The van der Waals surface area contributed by atoms with Gasteiger partial charge in [0.05, 0.1) is 0 Å². The minimum absolute atomic E-state index is 0.903. The molecule has 1 heterocycles. The highest BCUT2D eigenvalue weighted by molar-refractivity contribution is 5.54. The van der Waals surface area contributed by atoms with Crippen molar-refractivity contribution in [3.63, 3.8) is 0 Å². The summed E-state index contributed by atoms with van der Waals surface area (Å²) in [5.41, 5.74) is 7.68. The maximum atomic E-state index is 9.19. The number of aliphatic hydroxyl groups is 1. The van der Waals surface area contributed by atoms with Crippen LogP contribution in [-0.2, 0) is 6.42 Å². The van der Waals surface area contributed by atoms with Crippen LogP contribution in [-0.4, -0.2) is 9.67 Å². The van der Waals surface area contributed by atoms with Crippen LogP contribution in [0.4, 0.5) is 0 Å². The van der Waals surface area contributed by atoms with Gasteiger partial charge >= 0.3 is 0 Å². The molecule has 0 spiro atoms. The Hall–Kier alpha value is -1.06. The molecule has 3 N–H and O–H groups in total. The zero-order valence-electron chi connectivity index (χ0n) is 6.77. The van der Waals surface area contributed by atoms with Crippen LogP contribution in [0.15, 0.2) is 18.3 Å². The summed E-state index contributed by atoms with van der Waals surface area (Å²) in [6.45, 7) is 0. The van der Waals surface area contributed by atoms with E-state index in [1.54, 1.807) is 4.57 Å². The van der Waals surface area contributed by atoms with Crippen molar-refractivity contribution in [2.45, 2.75) is 19.2 Å². The van der Waals surface area contributed by atoms with Gasteiger partial charge in [0, 0.05) is 11.9 Å². The minimum atomic E-state index is -0.903. The number of fused-ring (bicyclic) bond motifs is 1. The van der Waals surface area contributed by atoms with Gasteiger partial charge in [-0.1, -0.05) is 12.2 Å². The molecule has 0 saturated heterocycles. The molecule has 1 atom stereocenters. The van der Waals surface area contributed by atoms with Gasteiger partial charge in [0.15, 0.2) is 6.35 Å². The molecule has 2 rings (SSSR count). The molecular weight excluding hydrogens is 152 g/mol. The number of aromatic nitrogens is 1. The summed E-state index contributed by atoms with van der Waals surface area (Å²) in [5.74, 6) is 0. The molecule has 64 valence electrons. The third kappa shape index (κ3) is 1.07. The minimum Gasteiger partial charge on any atom is -0.361 e.